The lowest BCUT2D eigenvalue weighted by Gasteiger charge is -2.31. The maximum Gasteiger partial charge on any atom is 0.289 e. The molecule has 4 aromatic heterocycles. The average molecular weight is 559 g/mol. The van der Waals surface area contributed by atoms with Crippen molar-refractivity contribution in [2.45, 2.75) is 25.3 Å². The number of anilines is 1. The minimum atomic E-state index is -0.262. The molecule has 1 aliphatic rings. The van der Waals surface area contributed by atoms with Crippen molar-refractivity contribution in [3.8, 4) is 0 Å². The summed E-state index contributed by atoms with van der Waals surface area (Å²) in [5.41, 5.74) is 2.96. The van der Waals surface area contributed by atoms with Crippen molar-refractivity contribution in [2.75, 3.05) is 18.4 Å². The molecule has 1 aromatic carbocycles. The lowest BCUT2D eigenvalue weighted by atomic mass is 9.93. The van der Waals surface area contributed by atoms with Gasteiger partial charge in [0.2, 0.25) is 0 Å². The van der Waals surface area contributed by atoms with E-state index in [1.54, 1.807) is 46.1 Å². The van der Waals surface area contributed by atoms with Gasteiger partial charge in [-0.2, -0.15) is 9.61 Å². The molecule has 1 aliphatic heterocycles. The smallest absolute Gasteiger partial charge is 0.289 e. The second kappa shape index (κ2) is 9.78. The Labute approximate surface area is 220 Å². The Bertz CT molecular complexity index is 1660. The van der Waals surface area contributed by atoms with Gasteiger partial charge >= 0.3 is 0 Å². The van der Waals surface area contributed by atoms with Crippen molar-refractivity contribution in [2.24, 2.45) is 0 Å². The molecule has 37 heavy (non-hydrogen) atoms. The first-order valence-electron chi connectivity index (χ1n) is 12.1. The number of carbonyl (C=O) groups excluding carboxylic acids is 1. The summed E-state index contributed by atoms with van der Waals surface area (Å²) in [6.45, 7) is 1.70. The number of pyridine rings is 1. The third kappa shape index (κ3) is 4.60. The fourth-order valence-electron chi connectivity index (χ4n) is 4.73. The molecule has 1 amide bonds. The summed E-state index contributed by atoms with van der Waals surface area (Å²) in [7, 11) is 0. The third-order valence-corrected chi connectivity index (χ3v) is 7.25. The lowest BCUT2D eigenvalue weighted by molar-refractivity contribution is 0.0680. The summed E-state index contributed by atoms with van der Waals surface area (Å²) < 4.78 is 8.37. The second-order valence-corrected chi connectivity index (χ2v) is 9.90. The molecular weight excluding hydrogens is 536 g/mol. The van der Waals surface area contributed by atoms with Gasteiger partial charge in [-0.1, -0.05) is 18.2 Å². The number of nitrogens with one attached hydrogen (secondary N) is 1. The van der Waals surface area contributed by atoms with E-state index in [2.05, 4.69) is 31.3 Å². The van der Waals surface area contributed by atoms with Crippen LogP contribution in [0.1, 0.15) is 40.6 Å². The molecule has 0 atom stereocenters. The quantitative estimate of drug-likeness (QED) is 0.335. The van der Waals surface area contributed by atoms with Crippen LogP contribution in [0.2, 0.25) is 0 Å². The molecule has 9 nitrogen and oxygen atoms in total. The Balaban J connectivity index is 1.20. The van der Waals surface area contributed by atoms with Crippen LogP contribution >= 0.6 is 15.9 Å². The summed E-state index contributed by atoms with van der Waals surface area (Å²) in [5.74, 6) is 0.832. The molecule has 0 unspecified atom stereocenters. The van der Waals surface area contributed by atoms with Gasteiger partial charge in [0.1, 0.15) is 11.4 Å². The Morgan fingerprint density at radius 1 is 1.11 bits per heavy atom. The van der Waals surface area contributed by atoms with Gasteiger partial charge in [-0.05, 0) is 52.5 Å². The second-order valence-electron chi connectivity index (χ2n) is 9.05. The zero-order valence-electron chi connectivity index (χ0n) is 19.8. The Morgan fingerprint density at radius 2 is 1.95 bits per heavy atom. The van der Waals surface area contributed by atoms with Crippen molar-refractivity contribution >= 4 is 44.3 Å². The number of rotatable bonds is 5. The predicted octanol–water partition coefficient (Wildman–Crippen LogP) is 4.63. The SMILES string of the molecule is O=C(c1cc(=O)c2ccccc2o1)N1CCC(c2cc(NCc3cccnc3)n3ncc(Br)c3n2)CC1. The molecule has 5 aromatic rings. The molecule has 5 heterocycles. The number of para-hydroxylation sites is 1. The van der Waals surface area contributed by atoms with Gasteiger partial charge in [-0.15, -0.1) is 0 Å². The van der Waals surface area contributed by atoms with E-state index in [1.165, 1.54) is 6.07 Å². The summed E-state index contributed by atoms with van der Waals surface area (Å²) in [4.78, 5) is 36.4. The minimum absolute atomic E-state index is 0.0757. The highest BCUT2D eigenvalue weighted by Gasteiger charge is 2.28. The van der Waals surface area contributed by atoms with Crippen LogP contribution in [0.25, 0.3) is 16.6 Å². The van der Waals surface area contributed by atoms with Crippen molar-refractivity contribution in [1.29, 1.82) is 0 Å². The Kier molecular flexibility index (Phi) is 6.17. The topological polar surface area (TPSA) is 106 Å². The van der Waals surface area contributed by atoms with Gasteiger partial charge < -0.3 is 14.6 Å². The summed E-state index contributed by atoms with van der Waals surface area (Å²) in [6, 6.07) is 14.2. The number of halogens is 1. The van der Waals surface area contributed by atoms with Crippen molar-refractivity contribution in [1.82, 2.24) is 24.5 Å². The van der Waals surface area contributed by atoms with E-state index in [0.29, 0.717) is 30.6 Å². The van der Waals surface area contributed by atoms with Crippen LogP contribution in [0.15, 0.2) is 80.8 Å². The normalized spacial score (nSPS) is 14.4. The van der Waals surface area contributed by atoms with E-state index in [9.17, 15) is 9.59 Å². The van der Waals surface area contributed by atoms with Crippen LogP contribution in [0.3, 0.4) is 0 Å². The number of hydrogen-bond donors (Lipinski definition) is 1. The predicted molar refractivity (Wildman–Crippen MR) is 143 cm³/mol. The van der Waals surface area contributed by atoms with Crippen LogP contribution < -0.4 is 10.7 Å². The number of carbonyl (C=O) groups is 1. The standard InChI is InChI=1S/C27H23BrN6O3/c28-20-16-31-34-25(30-15-17-4-3-9-29-14-17)12-21(32-26(20)34)18-7-10-33(11-8-18)27(36)24-13-22(35)19-5-1-2-6-23(19)37-24/h1-6,9,12-14,16,18,30H,7-8,10-11,15H2. The largest absolute Gasteiger partial charge is 0.451 e. The molecule has 0 bridgehead atoms. The number of piperidine rings is 1. The van der Waals surface area contributed by atoms with Crippen molar-refractivity contribution < 1.29 is 9.21 Å². The summed E-state index contributed by atoms with van der Waals surface area (Å²) >= 11 is 3.56. The number of fused-ring (bicyclic) bond motifs is 2. The molecule has 1 saturated heterocycles. The summed E-state index contributed by atoms with van der Waals surface area (Å²) in [5, 5.41) is 8.38. The highest BCUT2D eigenvalue weighted by atomic mass is 79.9. The van der Waals surface area contributed by atoms with Crippen LogP contribution in [0.5, 0.6) is 0 Å². The third-order valence-electron chi connectivity index (χ3n) is 6.69. The van der Waals surface area contributed by atoms with Gasteiger partial charge in [0.05, 0.1) is 16.1 Å². The zero-order valence-corrected chi connectivity index (χ0v) is 21.4. The van der Waals surface area contributed by atoms with Gasteiger partial charge in [0, 0.05) is 55.8 Å². The molecule has 0 radical (unpaired) electrons. The van der Waals surface area contributed by atoms with E-state index in [-0.39, 0.29) is 23.0 Å². The molecule has 186 valence electrons. The number of amides is 1. The highest BCUT2D eigenvalue weighted by molar-refractivity contribution is 9.10. The van der Waals surface area contributed by atoms with E-state index >= 15 is 0 Å². The fraction of sp³-hybridized carbons (Fsp3) is 0.222. The van der Waals surface area contributed by atoms with Gasteiger partial charge in [0.25, 0.3) is 5.91 Å². The Hall–Kier alpha value is -4.05. The molecule has 1 fully saturated rings. The molecule has 0 saturated carbocycles. The molecular formula is C27H23BrN6O3. The average Bonchev–Trinajstić information content (AvgIpc) is 3.32. The number of hydrogen-bond acceptors (Lipinski definition) is 7. The molecule has 10 heteroatoms. The number of likely N-dealkylation sites (tertiary alicyclic amines) is 1. The van der Waals surface area contributed by atoms with Crippen LogP contribution in [-0.2, 0) is 6.54 Å². The first kappa shape index (κ1) is 23.4. The van der Waals surface area contributed by atoms with Crippen LogP contribution in [0, 0.1) is 0 Å². The van der Waals surface area contributed by atoms with Crippen LogP contribution in [-0.4, -0.2) is 43.5 Å². The summed E-state index contributed by atoms with van der Waals surface area (Å²) in [6.07, 6.45) is 6.82. The van der Waals surface area contributed by atoms with E-state index in [1.807, 2.05) is 24.4 Å². The lowest BCUT2D eigenvalue weighted by Crippen LogP contribution is -2.38. The van der Waals surface area contributed by atoms with Gasteiger partial charge in [-0.25, -0.2) is 4.98 Å². The van der Waals surface area contributed by atoms with Crippen LogP contribution in [0.4, 0.5) is 5.82 Å². The van der Waals surface area contributed by atoms with E-state index in [0.717, 1.165) is 40.0 Å². The van der Waals surface area contributed by atoms with E-state index < -0.39 is 0 Å². The number of nitrogens with zero attached hydrogens (tertiary/aromatic N) is 5. The van der Waals surface area contributed by atoms with Gasteiger partial charge in [-0.3, -0.25) is 14.6 Å². The number of benzene rings is 1. The maximum atomic E-state index is 13.1. The molecule has 6 rings (SSSR count). The minimum Gasteiger partial charge on any atom is -0.451 e. The molecule has 0 aliphatic carbocycles. The molecule has 0 spiro atoms. The highest BCUT2D eigenvalue weighted by Crippen LogP contribution is 2.31. The zero-order chi connectivity index (χ0) is 25.4. The monoisotopic (exact) mass is 558 g/mol. The van der Waals surface area contributed by atoms with Crippen molar-refractivity contribution in [3.05, 3.63) is 98.8 Å². The van der Waals surface area contributed by atoms with Gasteiger partial charge in [0.15, 0.2) is 16.8 Å². The maximum absolute atomic E-state index is 13.1. The first-order chi connectivity index (χ1) is 18.1. The number of aromatic nitrogens is 4. The van der Waals surface area contributed by atoms with Crippen molar-refractivity contribution in [3.63, 3.8) is 0 Å². The van der Waals surface area contributed by atoms with E-state index in [4.69, 9.17) is 9.40 Å². The first-order valence-corrected chi connectivity index (χ1v) is 12.9. The Morgan fingerprint density at radius 3 is 2.76 bits per heavy atom. The fourth-order valence-corrected chi connectivity index (χ4v) is 5.08. The molecule has 1 N–H and O–H groups in total.